The van der Waals surface area contributed by atoms with Gasteiger partial charge in [-0.3, -0.25) is 4.79 Å². The number of carbonyl (C=O) groups excluding carboxylic acids is 2. The largest absolute Gasteiger partial charge is 0.497 e. The number of rotatable bonds is 5. The lowest BCUT2D eigenvalue weighted by atomic mass is 9.97. The number of nitrogens with zero attached hydrogens (tertiary/aromatic N) is 1. The van der Waals surface area contributed by atoms with Crippen molar-refractivity contribution < 1.29 is 14.3 Å². The molecule has 7 heteroatoms. The van der Waals surface area contributed by atoms with Gasteiger partial charge < -0.3 is 26.0 Å². The molecule has 1 aliphatic heterocycles. The van der Waals surface area contributed by atoms with Crippen molar-refractivity contribution in [2.75, 3.05) is 38.6 Å². The summed E-state index contributed by atoms with van der Waals surface area (Å²) >= 11 is 0. The van der Waals surface area contributed by atoms with E-state index in [1.165, 1.54) is 0 Å². The van der Waals surface area contributed by atoms with Gasteiger partial charge in [0.1, 0.15) is 5.75 Å². The first-order chi connectivity index (χ1) is 11.1. The van der Waals surface area contributed by atoms with Crippen LogP contribution in [0.1, 0.15) is 12.8 Å². The lowest BCUT2D eigenvalue weighted by Gasteiger charge is -2.32. The zero-order chi connectivity index (χ0) is 16.7. The molecule has 23 heavy (non-hydrogen) atoms. The number of benzene rings is 1. The van der Waals surface area contributed by atoms with Crippen LogP contribution < -0.4 is 21.1 Å². The van der Waals surface area contributed by atoms with E-state index < -0.39 is 0 Å². The number of nitrogens with two attached hydrogens (primary N) is 1. The number of likely N-dealkylation sites (tertiary alicyclic amines) is 1. The van der Waals surface area contributed by atoms with Crippen LogP contribution in [0.3, 0.4) is 0 Å². The molecule has 1 fully saturated rings. The highest BCUT2D eigenvalue weighted by atomic mass is 16.5. The lowest BCUT2D eigenvalue weighted by Crippen LogP contribution is -2.47. The summed E-state index contributed by atoms with van der Waals surface area (Å²) in [6.07, 6.45) is 1.60. The van der Waals surface area contributed by atoms with Gasteiger partial charge in [-0.2, -0.15) is 0 Å². The van der Waals surface area contributed by atoms with Gasteiger partial charge in [-0.15, -0.1) is 0 Å². The Balaban J connectivity index is 1.92. The Morgan fingerprint density at radius 2 is 2.26 bits per heavy atom. The van der Waals surface area contributed by atoms with E-state index in [4.69, 9.17) is 10.5 Å². The first-order valence-corrected chi connectivity index (χ1v) is 7.82. The number of amides is 3. The molecule has 0 spiro atoms. The molecule has 3 amide bonds. The highest BCUT2D eigenvalue weighted by Crippen LogP contribution is 2.20. The number of urea groups is 1. The van der Waals surface area contributed by atoms with Crippen LogP contribution in [0.4, 0.5) is 10.5 Å². The molecule has 1 aromatic carbocycles. The van der Waals surface area contributed by atoms with Gasteiger partial charge in [0.25, 0.3) is 0 Å². The number of nitrogens with one attached hydrogen (secondary N) is 2. The molecule has 1 aromatic rings. The maximum atomic E-state index is 12.4. The molecule has 1 unspecified atom stereocenters. The van der Waals surface area contributed by atoms with Crippen LogP contribution in [0.2, 0.25) is 0 Å². The van der Waals surface area contributed by atoms with E-state index in [1.54, 1.807) is 24.1 Å². The molecular weight excluding hydrogens is 296 g/mol. The summed E-state index contributed by atoms with van der Waals surface area (Å²) in [4.78, 5) is 26.1. The monoisotopic (exact) mass is 320 g/mol. The van der Waals surface area contributed by atoms with E-state index in [9.17, 15) is 9.59 Å². The molecular formula is C16H24N4O3. The molecule has 126 valence electrons. The van der Waals surface area contributed by atoms with Crippen LogP contribution in [0, 0.1) is 5.92 Å². The smallest absolute Gasteiger partial charge is 0.321 e. The summed E-state index contributed by atoms with van der Waals surface area (Å²) in [5.74, 6) is 0.473. The zero-order valence-electron chi connectivity index (χ0n) is 13.4. The third kappa shape index (κ3) is 4.85. The number of carbonyl (C=O) groups is 2. The zero-order valence-corrected chi connectivity index (χ0v) is 13.4. The Bertz CT molecular complexity index is 550. The molecule has 1 saturated heterocycles. The van der Waals surface area contributed by atoms with Crippen LogP contribution in [0.15, 0.2) is 24.3 Å². The summed E-state index contributed by atoms with van der Waals surface area (Å²) in [5, 5.41) is 5.63. The predicted octanol–water partition coefficient (Wildman–Crippen LogP) is 1.01. The van der Waals surface area contributed by atoms with Gasteiger partial charge in [-0.05, 0) is 25.0 Å². The molecule has 0 saturated carbocycles. The molecule has 2 rings (SSSR count). The molecule has 0 bridgehead atoms. The summed E-state index contributed by atoms with van der Waals surface area (Å²) in [6, 6.07) is 6.99. The highest BCUT2D eigenvalue weighted by molar-refractivity contribution is 5.90. The van der Waals surface area contributed by atoms with Crippen molar-refractivity contribution in [2.24, 2.45) is 11.7 Å². The Hall–Kier alpha value is -2.28. The minimum Gasteiger partial charge on any atom is -0.497 e. The minimum absolute atomic E-state index is 0.0330. The number of piperidine rings is 1. The first kappa shape index (κ1) is 17.1. The normalized spacial score (nSPS) is 17.5. The van der Waals surface area contributed by atoms with Gasteiger partial charge >= 0.3 is 6.03 Å². The van der Waals surface area contributed by atoms with Crippen molar-refractivity contribution in [2.45, 2.75) is 12.8 Å². The third-order valence-electron chi connectivity index (χ3n) is 3.84. The van der Waals surface area contributed by atoms with E-state index in [0.717, 1.165) is 12.8 Å². The Labute approximate surface area is 136 Å². The molecule has 1 heterocycles. The summed E-state index contributed by atoms with van der Waals surface area (Å²) in [6.45, 7) is 1.95. The fourth-order valence-corrected chi connectivity index (χ4v) is 2.62. The van der Waals surface area contributed by atoms with E-state index in [1.807, 2.05) is 12.1 Å². The second-order valence-electron chi connectivity index (χ2n) is 5.53. The second-order valence-corrected chi connectivity index (χ2v) is 5.53. The van der Waals surface area contributed by atoms with Crippen LogP contribution >= 0.6 is 0 Å². The minimum atomic E-state index is -0.199. The van der Waals surface area contributed by atoms with Crippen molar-refractivity contribution in [3.05, 3.63) is 24.3 Å². The van der Waals surface area contributed by atoms with Gasteiger partial charge in [0.15, 0.2) is 0 Å². The van der Waals surface area contributed by atoms with Crippen LogP contribution in [0.5, 0.6) is 5.75 Å². The van der Waals surface area contributed by atoms with Gasteiger partial charge in [0, 0.05) is 37.9 Å². The van der Waals surface area contributed by atoms with Crippen LogP contribution in [0.25, 0.3) is 0 Å². The highest BCUT2D eigenvalue weighted by Gasteiger charge is 2.28. The van der Waals surface area contributed by atoms with Crippen LogP contribution in [-0.4, -0.2) is 50.1 Å². The Morgan fingerprint density at radius 1 is 1.43 bits per heavy atom. The molecule has 0 aliphatic carbocycles. The average Bonchev–Trinajstić information content (AvgIpc) is 2.59. The van der Waals surface area contributed by atoms with E-state index in [2.05, 4.69) is 10.6 Å². The van der Waals surface area contributed by atoms with Crippen molar-refractivity contribution in [1.82, 2.24) is 10.2 Å². The summed E-state index contributed by atoms with van der Waals surface area (Å²) < 4.78 is 5.14. The molecule has 0 aromatic heterocycles. The van der Waals surface area contributed by atoms with Crippen molar-refractivity contribution in [3.63, 3.8) is 0 Å². The molecule has 1 aliphatic rings. The number of methoxy groups -OCH3 is 1. The molecule has 1 atom stereocenters. The number of hydrogen-bond donors (Lipinski definition) is 3. The Morgan fingerprint density at radius 3 is 3.00 bits per heavy atom. The number of ether oxygens (including phenoxy) is 1. The third-order valence-corrected chi connectivity index (χ3v) is 3.84. The molecule has 4 N–H and O–H groups in total. The number of hydrogen-bond acceptors (Lipinski definition) is 4. The van der Waals surface area contributed by atoms with Crippen LogP contribution in [-0.2, 0) is 4.79 Å². The summed E-state index contributed by atoms with van der Waals surface area (Å²) in [5.41, 5.74) is 6.06. The van der Waals surface area contributed by atoms with Gasteiger partial charge in [-0.1, -0.05) is 6.07 Å². The topological polar surface area (TPSA) is 96.7 Å². The SMILES string of the molecule is COc1cccc(NC(=O)N2CCCC(C(=O)NCCN)C2)c1. The second kappa shape index (κ2) is 8.38. The standard InChI is InChI=1S/C16H24N4O3/c1-23-14-6-2-5-13(10-14)19-16(22)20-9-3-4-12(11-20)15(21)18-8-7-17/h2,5-6,10,12H,3-4,7-9,11,17H2,1H3,(H,18,21)(H,19,22). The predicted molar refractivity (Wildman–Crippen MR) is 88.4 cm³/mol. The van der Waals surface area contributed by atoms with Crippen molar-refractivity contribution >= 4 is 17.6 Å². The van der Waals surface area contributed by atoms with Gasteiger partial charge in [0.2, 0.25) is 5.91 Å². The average molecular weight is 320 g/mol. The first-order valence-electron chi connectivity index (χ1n) is 7.82. The van der Waals surface area contributed by atoms with E-state index >= 15 is 0 Å². The summed E-state index contributed by atoms with van der Waals surface area (Å²) in [7, 11) is 1.58. The Kier molecular flexibility index (Phi) is 6.22. The van der Waals surface area contributed by atoms with Crippen molar-refractivity contribution in [3.8, 4) is 5.75 Å². The molecule has 7 nitrogen and oxygen atoms in total. The lowest BCUT2D eigenvalue weighted by molar-refractivity contribution is -0.126. The quantitative estimate of drug-likeness (QED) is 0.754. The maximum absolute atomic E-state index is 12.4. The van der Waals surface area contributed by atoms with Gasteiger partial charge in [-0.25, -0.2) is 4.79 Å². The van der Waals surface area contributed by atoms with Gasteiger partial charge in [0.05, 0.1) is 13.0 Å². The fraction of sp³-hybridized carbons (Fsp3) is 0.500. The maximum Gasteiger partial charge on any atom is 0.321 e. The van der Waals surface area contributed by atoms with E-state index in [-0.39, 0.29) is 17.9 Å². The van der Waals surface area contributed by atoms with E-state index in [0.29, 0.717) is 37.6 Å². The number of anilines is 1. The fourth-order valence-electron chi connectivity index (χ4n) is 2.62. The molecule has 0 radical (unpaired) electrons. The van der Waals surface area contributed by atoms with Crippen molar-refractivity contribution in [1.29, 1.82) is 0 Å².